The molecular weight excluding hydrogens is 282 g/mol. The van der Waals surface area contributed by atoms with E-state index in [1.807, 2.05) is 0 Å². The molecule has 1 aliphatic heterocycles. The Kier molecular flexibility index (Phi) is 4.07. The van der Waals surface area contributed by atoms with Crippen molar-refractivity contribution in [3.63, 3.8) is 0 Å². The third-order valence-corrected chi connectivity index (χ3v) is 2.90. The van der Waals surface area contributed by atoms with Crippen molar-refractivity contribution in [1.82, 2.24) is 10.3 Å². The Morgan fingerprint density at radius 2 is 2.26 bits per heavy atom. The van der Waals surface area contributed by atoms with Crippen molar-refractivity contribution < 1.29 is 22.4 Å². The number of guanidine groups is 1. The van der Waals surface area contributed by atoms with Crippen LogP contribution in [0.15, 0.2) is 0 Å². The van der Waals surface area contributed by atoms with E-state index in [4.69, 9.17) is 11.1 Å². The Morgan fingerprint density at radius 3 is 2.74 bits per heavy atom. The first kappa shape index (κ1) is 15.3. The average Bonchev–Trinajstić information content (AvgIpc) is 2.18. The van der Waals surface area contributed by atoms with E-state index < -0.39 is 32.7 Å². The Balaban J connectivity index is 2.92. The lowest BCUT2D eigenvalue weighted by atomic mass is 10.0. The van der Waals surface area contributed by atoms with Crippen LogP contribution in [0.5, 0.6) is 0 Å². The standard InChI is InChI=1S/C7H13N5O6S/c1-19(16,17)18-7(9)3-2-4-11(5(7)13)6(8)10-12(14)15/h2-4,9H2,1H3,(H2,8,10). The first-order chi connectivity index (χ1) is 8.55. The molecule has 0 aromatic rings. The second-order valence-corrected chi connectivity index (χ2v) is 5.53. The van der Waals surface area contributed by atoms with Gasteiger partial charge in [-0.1, -0.05) is 5.43 Å². The van der Waals surface area contributed by atoms with Crippen molar-refractivity contribution in [2.45, 2.75) is 18.6 Å². The number of nitrogens with two attached hydrogens (primary N) is 1. The Morgan fingerprint density at radius 1 is 1.68 bits per heavy atom. The molecule has 1 saturated heterocycles. The highest BCUT2D eigenvalue weighted by atomic mass is 32.2. The van der Waals surface area contributed by atoms with Gasteiger partial charge in [-0.3, -0.25) is 20.8 Å². The van der Waals surface area contributed by atoms with Crippen LogP contribution in [0.25, 0.3) is 0 Å². The van der Waals surface area contributed by atoms with Crippen LogP contribution < -0.4 is 11.2 Å². The van der Waals surface area contributed by atoms with E-state index in [2.05, 4.69) is 4.18 Å². The summed E-state index contributed by atoms with van der Waals surface area (Å²) in [7, 11) is -3.98. The maximum atomic E-state index is 12.0. The Hall–Kier alpha value is -1.79. The molecule has 4 N–H and O–H groups in total. The van der Waals surface area contributed by atoms with E-state index in [9.17, 15) is 23.3 Å². The van der Waals surface area contributed by atoms with Gasteiger partial charge in [0, 0.05) is 13.0 Å². The molecular formula is C7H13N5O6S. The molecule has 0 radical (unpaired) electrons. The monoisotopic (exact) mass is 295 g/mol. The Labute approximate surface area is 108 Å². The molecule has 0 aliphatic carbocycles. The van der Waals surface area contributed by atoms with Gasteiger partial charge < -0.3 is 0 Å². The smallest absolute Gasteiger partial charge is 0.278 e. The highest BCUT2D eigenvalue weighted by Gasteiger charge is 2.46. The maximum absolute atomic E-state index is 12.0. The summed E-state index contributed by atoms with van der Waals surface area (Å²) in [6.45, 7) is 0.00454. The summed E-state index contributed by atoms with van der Waals surface area (Å²) in [6.07, 6.45) is 0.898. The van der Waals surface area contributed by atoms with E-state index >= 15 is 0 Å². The minimum Gasteiger partial charge on any atom is -0.294 e. The number of nitro groups is 1. The van der Waals surface area contributed by atoms with Gasteiger partial charge in [0.1, 0.15) is 0 Å². The van der Waals surface area contributed by atoms with Crippen LogP contribution >= 0.6 is 0 Å². The lowest BCUT2D eigenvalue weighted by Gasteiger charge is -2.36. The topological polar surface area (TPSA) is 169 Å². The van der Waals surface area contributed by atoms with Gasteiger partial charge in [-0.15, -0.1) is 0 Å². The molecule has 11 nitrogen and oxygen atoms in total. The molecule has 1 aliphatic rings. The molecule has 1 unspecified atom stereocenters. The van der Waals surface area contributed by atoms with Crippen molar-refractivity contribution in [2.75, 3.05) is 12.8 Å². The summed E-state index contributed by atoms with van der Waals surface area (Å²) in [4.78, 5) is 22.8. The first-order valence-electron chi connectivity index (χ1n) is 5.06. The quantitative estimate of drug-likeness (QED) is 0.133. The van der Waals surface area contributed by atoms with E-state index in [0.717, 1.165) is 6.26 Å². The van der Waals surface area contributed by atoms with E-state index in [1.165, 1.54) is 5.43 Å². The van der Waals surface area contributed by atoms with Gasteiger partial charge in [0.25, 0.3) is 22.0 Å². The molecule has 0 bridgehead atoms. The number of hydrogen-bond donors (Lipinski definition) is 3. The van der Waals surface area contributed by atoms with Gasteiger partial charge in [-0.25, -0.2) is 14.3 Å². The van der Waals surface area contributed by atoms with Gasteiger partial charge in [0.15, 0.2) is 5.03 Å². The summed E-state index contributed by atoms with van der Waals surface area (Å²) >= 11 is 0. The second kappa shape index (κ2) is 5.07. The number of carbonyl (C=O) groups is 1. The van der Waals surface area contributed by atoms with Gasteiger partial charge in [-0.05, 0) is 6.42 Å². The summed E-state index contributed by atoms with van der Waals surface area (Å²) in [5, 5.41) is 16.5. The van der Waals surface area contributed by atoms with Gasteiger partial charge in [0.2, 0.25) is 5.72 Å². The van der Waals surface area contributed by atoms with Crippen molar-refractivity contribution in [2.24, 2.45) is 5.73 Å². The van der Waals surface area contributed by atoms with E-state index in [-0.39, 0.29) is 19.4 Å². The lowest BCUT2D eigenvalue weighted by Crippen LogP contribution is -2.64. The minimum absolute atomic E-state index is 0.00454. The fraction of sp³-hybridized carbons (Fsp3) is 0.714. The zero-order chi connectivity index (χ0) is 14.8. The Bertz CT molecular complexity index is 518. The second-order valence-electron chi connectivity index (χ2n) is 3.95. The van der Waals surface area contributed by atoms with Gasteiger partial charge >= 0.3 is 0 Å². The zero-order valence-electron chi connectivity index (χ0n) is 9.95. The highest BCUT2D eigenvalue weighted by Crippen LogP contribution is 2.23. The predicted molar refractivity (Wildman–Crippen MR) is 61.7 cm³/mol. The minimum atomic E-state index is -3.98. The number of hydrazine groups is 1. The fourth-order valence-electron chi connectivity index (χ4n) is 1.64. The van der Waals surface area contributed by atoms with E-state index in [1.54, 1.807) is 0 Å². The van der Waals surface area contributed by atoms with Crippen LogP contribution in [0.4, 0.5) is 0 Å². The van der Waals surface area contributed by atoms with Gasteiger partial charge in [0.05, 0.1) is 6.26 Å². The third kappa shape index (κ3) is 3.84. The number of rotatable bonds is 3. The molecule has 0 aromatic heterocycles. The van der Waals surface area contributed by atoms with Crippen LogP contribution in [0.3, 0.4) is 0 Å². The van der Waals surface area contributed by atoms with Crippen molar-refractivity contribution in [3.8, 4) is 0 Å². The summed E-state index contributed by atoms with van der Waals surface area (Å²) in [6, 6.07) is 0. The van der Waals surface area contributed by atoms with Crippen LogP contribution in [-0.2, 0) is 19.1 Å². The number of likely N-dealkylation sites (tertiary alicyclic amines) is 1. The SMILES string of the molecule is CS(=O)(=O)OC1(N)CCCN(C(=N)N[N+](=O)[O-])C1=O. The normalized spacial score (nSPS) is 24.1. The molecule has 12 heteroatoms. The van der Waals surface area contributed by atoms with Crippen molar-refractivity contribution >= 4 is 22.0 Å². The molecule has 1 fully saturated rings. The molecule has 1 amide bonds. The van der Waals surface area contributed by atoms with Crippen LogP contribution in [0, 0.1) is 15.5 Å². The van der Waals surface area contributed by atoms with E-state index in [0.29, 0.717) is 4.90 Å². The molecule has 0 spiro atoms. The molecule has 108 valence electrons. The maximum Gasteiger partial charge on any atom is 0.278 e. The number of nitrogens with one attached hydrogen (secondary N) is 2. The molecule has 1 rings (SSSR count). The number of carbonyl (C=O) groups excluding carboxylic acids is 1. The lowest BCUT2D eigenvalue weighted by molar-refractivity contribution is -0.526. The molecule has 0 aromatic carbocycles. The average molecular weight is 295 g/mol. The largest absolute Gasteiger partial charge is 0.294 e. The molecule has 1 heterocycles. The van der Waals surface area contributed by atoms with Gasteiger partial charge in [-0.2, -0.15) is 8.42 Å². The number of amides is 1. The zero-order valence-corrected chi connectivity index (χ0v) is 10.8. The number of nitrogens with zero attached hydrogens (tertiary/aromatic N) is 2. The summed E-state index contributed by atoms with van der Waals surface area (Å²) in [5.41, 5.74) is 4.91. The highest BCUT2D eigenvalue weighted by molar-refractivity contribution is 7.86. The predicted octanol–water partition coefficient (Wildman–Crippen LogP) is -2.04. The fourth-order valence-corrected chi connectivity index (χ4v) is 2.34. The first-order valence-corrected chi connectivity index (χ1v) is 6.88. The van der Waals surface area contributed by atoms with Crippen molar-refractivity contribution in [1.29, 1.82) is 5.41 Å². The summed E-state index contributed by atoms with van der Waals surface area (Å²) in [5.74, 6) is -1.83. The van der Waals surface area contributed by atoms with Crippen LogP contribution in [-0.4, -0.2) is 48.7 Å². The number of piperidine rings is 1. The summed E-state index contributed by atoms with van der Waals surface area (Å²) < 4.78 is 26.6. The molecule has 0 saturated carbocycles. The van der Waals surface area contributed by atoms with Crippen LogP contribution in [0.2, 0.25) is 0 Å². The molecule has 19 heavy (non-hydrogen) atoms. The number of hydrogen-bond acceptors (Lipinski definition) is 8. The van der Waals surface area contributed by atoms with Crippen molar-refractivity contribution in [3.05, 3.63) is 10.1 Å². The third-order valence-electron chi connectivity index (χ3n) is 2.30. The van der Waals surface area contributed by atoms with Crippen LogP contribution in [0.1, 0.15) is 12.8 Å². The molecule has 1 atom stereocenters.